The van der Waals surface area contributed by atoms with Crippen LogP contribution in [0.5, 0.6) is 0 Å². The standard InChI is InChI=1S/C12H13ClF3NO3/c1-6(18)17-5-9(19)11(20)7-3-2-4-8(10(7)13)12(14,15)16/h2-4,9,11,19-20H,5H2,1H3,(H,17,18). The van der Waals surface area contributed by atoms with Crippen LogP contribution in [-0.2, 0) is 11.0 Å². The van der Waals surface area contributed by atoms with Crippen molar-refractivity contribution < 1.29 is 28.2 Å². The summed E-state index contributed by atoms with van der Waals surface area (Å²) in [5.41, 5.74) is -1.35. The van der Waals surface area contributed by atoms with Crippen LogP contribution in [0.15, 0.2) is 18.2 Å². The minimum absolute atomic E-state index is 0.251. The number of aliphatic hydroxyl groups is 2. The summed E-state index contributed by atoms with van der Waals surface area (Å²) in [4.78, 5) is 10.7. The van der Waals surface area contributed by atoms with Gasteiger partial charge < -0.3 is 15.5 Å². The average Bonchev–Trinajstić information content (AvgIpc) is 2.33. The molecule has 0 aromatic heterocycles. The van der Waals surface area contributed by atoms with E-state index in [4.69, 9.17) is 11.6 Å². The van der Waals surface area contributed by atoms with Gasteiger partial charge in [0.05, 0.1) is 10.6 Å². The maximum atomic E-state index is 12.7. The molecule has 2 unspecified atom stereocenters. The van der Waals surface area contributed by atoms with Gasteiger partial charge in [-0.3, -0.25) is 4.79 Å². The van der Waals surface area contributed by atoms with Gasteiger partial charge in [0.25, 0.3) is 0 Å². The van der Waals surface area contributed by atoms with Gasteiger partial charge in [-0.1, -0.05) is 23.7 Å². The van der Waals surface area contributed by atoms with E-state index in [-0.39, 0.29) is 12.1 Å². The molecule has 0 aliphatic carbocycles. The van der Waals surface area contributed by atoms with E-state index >= 15 is 0 Å². The Balaban J connectivity index is 2.99. The highest BCUT2D eigenvalue weighted by Crippen LogP contribution is 2.38. The van der Waals surface area contributed by atoms with Crippen LogP contribution in [0, 0.1) is 0 Å². The Morgan fingerprint density at radius 1 is 1.40 bits per heavy atom. The SMILES string of the molecule is CC(=O)NCC(O)C(O)c1cccc(C(F)(F)F)c1Cl. The van der Waals surface area contributed by atoms with Gasteiger partial charge >= 0.3 is 6.18 Å². The van der Waals surface area contributed by atoms with Crippen LogP contribution in [0.2, 0.25) is 5.02 Å². The van der Waals surface area contributed by atoms with Crippen molar-refractivity contribution in [3.63, 3.8) is 0 Å². The smallest absolute Gasteiger partial charge is 0.388 e. The van der Waals surface area contributed by atoms with Crippen molar-refractivity contribution >= 4 is 17.5 Å². The highest BCUT2D eigenvalue weighted by molar-refractivity contribution is 6.32. The monoisotopic (exact) mass is 311 g/mol. The zero-order chi connectivity index (χ0) is 15.5. The number of nitrogens with one attached hydrogen (secondary N) is 1. The van der Waals surface area contributed by atoms with Crippen LogP contribution in [0.1, 0.15) is 24.2 Å². The van der Waals surface area contributed by atoms with Gasteiger partial charge in [0, 0.05) is 19.0 Å². The topological polar surface area (TPSA) is 69.6 Å². The summed E-state index contributed by atoms with van der Waals surface area (Å²) in [7, 11) is 0. The third-order valence-electron chi connectivity index (χ3n) is 2.58. The number of rotatable bonds is 4. The highest BCUT2D eigenvalue weighted by Gasteiger charge is 2.35. The van der Waals surface area contributed by atoms with Gasteiger partial charge in [-0.15, -0.1) is 0 Å². The fourth-order valence-electron chi connectivity index (χ4n) is 1.56. The Hall–Kier alpha value is -1.31. The Labute approximate surface area is 118 Å². The van der Waals surface area contributed by atoms with Crippen molar-refractivity contribution in [1.82, 2.24) is 5.32 Å². The molecule has 0 radical (unpaired) electrons. The molecular formula is C12H13ClF3NO3. The molecule has 0 saturated heterocycles. The first-order valence-electron chi connectivity index (χ1n) is 5.60. The third-order valence-corrected chi connectivity index (χ3v) is 3.00. The first-order chi connectivity index (χ1) is 9.14. The summed E-state index contributed by atoms with van der Waals surface area (Å²) in [6, 6.07) is 3.04. The van der Waals surface area contributed by atoms with Crippen molar-refractivity contribution in [3.05, 3.63) is 34.3 Å². The van der Waals surface area contributed by atoms with Crippen molar-refractivity contribution in [2.24, 2.45) is 0 Å². The van der Waals surface area contributed by atoms with Crippen LogP contribution in [0.4, 0.5) is 13.2 Å². The zero-order valence-electron chi connectivity index (χ0n) is 10.4. The van der Waals surface area contributed by atoms with Crippen LogP contribution in [0.3, 0.4) is 0 Å². The summed E-state index contributed by atoms with van der Waals surface area (Å²) in [5, 5.41) is 21.0. The molecule has 3 N–H and O–H groups in total. The molecule has 0 spiro atoms. The lowest BCUT2D eigenvalue weighted by Crippen LogP contribution is -2.34. The van der Waals surface area contributed by atoms with Gasteiger partial charge in [0.2, 0.25) is 5.91 Å². The molecule has 1 amide bonds. The number of benzene rings is 1. The van der Waals surface area contributed by atoms with Gasteiger partial charge in [-0.2, -0.15) is 13.2 Å². The van der Waals surface area contributed by atoms with Crippen LogP contribution < -0.4 is 5.32 Å². The first kappa shape index (κ1) is 16.7. The number of alkyl halides is 3. The number of carbonyl (C=O) groups is 1. The molecule has 0 heterocycles. The van der Waals surface area contributed by atoms with Crippen LogP contribution in [-0.4, -0.2) is 28.8 Å². The maximum Gasteiger partial charge on any atom is 0.417 e. The first-order valence-corrected chi connectivity index (χ1v) is 5.98. The lowest BCUT2D eigenvalue weighted by Gasteiger charge is -2.21. The molecule has 8 heteroatoms. The lowest BCUT2D eigenvalue weighted by atomic mass is 10.0. The number of amides is 1. The molecule has 0 saturated carbocycles. The summed E-state index contributed by atoms with van der Waals surface area (Å²) in [6.45, 7) is 0.902. The van der Waals surface area contributed by atoms with E-state index < -0.39 is 34.9 Å². The van der Waals surface area contributed by atoms with Crippen LogP contribution >= 0.6 is 11.6 Å². The van der Waals surface area contributed by atoms with Crippen molar-refractivity contribution in [2.75, 3.05) is 6.54 Å². The van der Waals surface area contributed by atoms with E-state index in [0.717, 1.165) is 12.1 Å². The molecule has 4 nitrogen and oxygen atoms in total. The zero-order valence-corrected chi connectivity index (χ0v) is 11.2. The fraction of sp³-hybridized carbons (Fsp3) is 0.417. The van der Waals surface area contributed by atoms with E-state index in [1.54, 1.807) is 0 Å². The summed E-state index contributed by atoms with van der Waals surface area (Å²) < 4.78 is 38.0. The quantitative estimate of drug-likeness (QED) is 0.795. The van der Waals surface area contributed by atoms with Crippen molar-refractivity contribution in [1.29, 1.82) is 0 Å². The van der Waals surface area contributed by atoms with E-state index in [2.05, 4.69) is 5.32 Å². The Bertz CT molecular complexity index is 493. The molecule has 0 fully saturated rings. The minimum atomic E-state index is -4.66. The molecule has 1 aromatic carbocycles. The second-order valence-corrected chi connectivity index (χ2v) is 4.53. The van der Waals surface area contributed by atoms with Crippen molar-refractivity contribution in [3.8, 4) is 0 Å². The maximum absolute atomic E-state index is 12.7. The largest absolute Gasteiger partial charge is 0.417 e. The highest BCUT2D eigenvalue weighted by atomic mass is 35.5. The summed E-state index contributed by atoms with van der Waals surface area (Å²) in [6.07, 6.45) is -7.77. The number of aliphatic hydroxyl groups excluding tert-OH is 2. The second-order valence-electron chi connectivity index (χ2n) is 4.16. The molecule has 0 aliphatic rings. The van der Waals surface area contributed by atoms with Gasteiger partial charge in [0.15, 0.2) is 0 Å². The third kappa shape index (κ3) is 4.09. The van der Waals surface area contributed by atoms with E-state index in [0.29, 0.717) is 0 Å². The lowest BCUT2D eigenvalue weighted by molar-refractivity contribution is -0.137. The van der Waals surface area contributed by atoms with Gasteiger partial charge in [0.1, 0.15) is 12.2 Å². The number of halogens is 4. The fourth-order valence-corrected chi connectivity index (χ4v) is 1.91. The second kappa shape index (κ2) is 6.43. The molecule has 2 atom stereocenters. The molecule has 1 rings (SSSR count). The molecule has 0 aliphatic heterocycles. The summed E-state index contributed by atoms with van der Waals surface area (Å²) >= 11 is 5.62. The Morgan fingerprint density at radius 3 is 2.50 bits per heavy atom. The number of carbonyl (C=O) groups excluding carboxylic acids is 1. The van der Waals surface area contributed by atoms with E-state index in [1.165, 1.54) is 13.0 Å². The average molecular weight is 312 g/mol. The minimum Gasteiger partial charge on any atom is -0.388 e. The number of hydrogen-bond acceptors (Lipinski definition) is 3. The molecule has 1 aromatic rings. The molecular weight excluding hydrogens is 299 g/mol. The van der Waals surface area contributed by atoms with E-state index in [9.17, 15) is 28.2 Å². The van der Waals surface area contributed by atoms with Gasteiger partial charge in [-0.05, 0) is 6.07 Å². The molecule has 112 valence electrons. The van der Waals surface area contributed by atoms with E-state index in [1.807, 2.05) is 0 Å². The Kier molecular flexibility index (Phi) is 5.38. The predicted octanol–water partition coefficient (Wildman–Crippen LogP) is 1.89. The Morgan fingerprint density at radius 2 is 2.00 bits per heavy atom. The van der Waals surface area contributed by atoms with Crippen LogP contribution in [0.25, 0.3) is 0 Å². The predicted molar refractivity (Wildman–Crippen MR) is 66.1 cm³/mol. The van der Waals surface area contributed by atoms with Crippen molar-refractivity contribution in [2.45, 2.75) is 25.3 Å². The van der Waals surface area contributed by atoms with Gasteiger partial charge in [-0.25, -0.2) is 0 Å². The normalized spacial score (nSPS) is 14.8. The number of hydrogen-bond donors (Lipinski definition) is 3. The molecule has 20 heavy (non-hydrogen) atoms. The summed E-state index contributed by atoms with van der Waals surface area (Å²) in [5.74, 6) is -0.439. The molecule has 0 bridgehead atoms.